The van der Waals surface area contributed by atoms with Crippen LogP contribution in [0, 0.1) is 0 Å². The van der Waals surface area contributed by atoms with E-state index in [4.69, 9.17) is 34.5 Å². The van der Waals surface area contributed by atoms with Gasteiger partial charge in [-0.2, -0.15) is 0 Å². The first-order valence-corrected chi connectivity index (χ1v) is 27.7. The van der Waals surface area contributed by atoms with Crippen molar-refractivity contribution in [2.24, 2.45) is 0 Å². The Bertz CT molecular complexity index is 400. The third-order valence-electron chi connectivity index (χ3n) is 3.73. The molecule has 0 heterocycles. The van der Waals surface area contributed by atoms with Crippen molar-refractivity contribution in [3.8, 4) is 0 Å². The Balaban J connectivity index is 4.79. The van der Waals surface area contributed by atoms with E-state index in [2.05, 4.69) is 58.9 Å². The molecule has 0 N–H and O–H groups in total. The van der Waals surface area contributed by atoms with Crippen LogP contribution in [0.5, 0.6) is 0 Å². The molecule has 0 radical (unpaired) electrons. The first-order chi connectivity index (χ1) is 12.3. The van der Waals surface area contributed by atoms with Crippen LogP contribution in [0.25, 0.3) is 0 Å². The van der Waals surface area contributed by atoms with E-state index in [-0.39, 0.29) is 0 Å². The Hall–Kier alpha value is 1.54. The summed E-state index contributed by atoms with van der Waals surface area (Å²) in [7, 11) is -7.93. The van der Waals surface area contributed by atoms with E-state index in [1.165, 1.54) is 25.7 Å². The Kier molecular flexibility index (Phi) is 12.6. The Morgan fingerprint density at radius 2 is 0.750 bits per heavy atom. The maximum atomic E-state index is 6.74. The second kappa shape index (κ2) is 12.0. The molecule has 0 spiro atoms. The highest BCUT2D eigenvalue weighted by Gasteiger charge is 2.49. The summed E-state index contributed by atoms with van der Waals surface area (Å²) < 4.78 is 20.2. The molecule has 0 aliphatic carbocycles. The van der Waals surface area contributed by atoms with Gasteiger partial charge in [0.05, 0.1) is 0 Å². The van der Waals surface area contributed by atoms with Crippen LogP contribution in [0.3, 0.4) is 0 Å². The van der Waals surface area contributed by atoms with Gasteiger partial charge < -0.3 is 12.3 Å². The predicted octanol–water partition coefficient (Wildman–Crippen LogP) is 8.37. The quantitative estimate of drug-likeness (QED) is 0.123. The molecule has 0 aromatic rings. The summed E-state index contributed by atoms with van der Waals surface area (Å²) in [5.41, 5.74) is 0. The third-order valence-corrected chi connectivity index (χ3v) is 18.1. The molecule has 0 bridgehead atoms. The topological polar surface area (TPSA) is 27.7 Å². The molecule has 0 aromatic carbocycles. The zero-order chi connectivity index (χ0) is 22.3. The largest absolute Gasteiger partial charge is 0.469 e. The zero-order valence-electron chi connectivity index (χ0n) is 20.1. The number of rotatable bonds is 15. The van der Waals surface area contributed by atoms with Gasteiger partial charge in [-0.05, 0) is 77.9 Å². The standard InChI is InChI=1S/C18H46Cl2O3Si5/c1-24(2,3)21-28(22-25(4,5)6,23-26(7,8)9)18-16-14-12-11-13-15-17-27(10,19)20/h11-18H2,1-10H3. The molecule has 0 aliphatic rings. The average Bonchev–Trinajstić information content (AvgIpc) is 2.34. The first kappa shape index (κ1) is 29.5. The highest BCUT2D eigenvalue weighted by atomic mass is 35.7. The number of unbranched alkanes of at least 4 members (excludes halogenated alkanes) is 5. The summed E-state index contributed by atoms with van der Waals surface area (Å²) in [4.78, 5) is 0. The van der Waals surface area contributed by atoms with Gasteiger partial charge in [-0.25, -0.2) is 0 Å². The van der Waals surface area contributed by atoms with Gasteiger partial charge in [0.2, 0.25) is 6.69 Å². The molecule has 0 unspecified atom stereocenters. The van der Waals surface area contributed by atoms with Crippen molar-refractivity contribution in [3.63, 3.8) is 0 Å². The summed E-state index contributed by atoms with van der Waals surface area (Å²) >= 11 is 12.4. The second-order valence-corrected chi connectivity index (χ2v) is 36.2. The molecule has 0 amide bonds. The maximum absolute atomic E-state index is 6.74. The van der Waals surface area contributed by atoms with Crippen LogP contribution in [-0.2, 0) is 12.3 Å². The molecule has 0 saturated carbocycles. The predicted molar refractivity (Wildman–Crippen MR) is 140 cm³/mol. The van der Waals surface area contributed by atoms with Crippen LogP contribution in [0.4, 0.5) is 0 Å². The molecule has 3 nitrogen and oxygen atoms in total. The van der Waals surface area contributed by atoms with Crippen molar-refractivity contribution in [1.29, 1.82) is 0 Å². The lowest BCUT2D eigenvalue weighted by atomic mass is 10.1. The normalized spacial score (nSPS) is 14.6. The molecule has 0 aromatic heterocycles. The summed E-state index contributed by atoms with van der Waals surface area (Å²) in [5.74, 6) is 0. The lowest BCUT2D eigenvalue weighted by Gasteiger charge is -2.43. The van der Waals surface area contributed by atoms with Crippen molar-refractivity contribution in [1.82, 2.24) is 0 Å². The Morgan fingerprint density at radius 1 is 0.464 bits per heavy atom. The minimum absolute atomic E-state index is 0.958. The minimum atomic E-state index is -2.65. The molecule has 0 aliphatic heterocycles. The van der Waals surface area contributed by atoms with Gasteiger partial charge in [0.15, 0.2) is 25.0 Å². The second-order valence-electron chi connectivity index (χ2n) is 11.0. The number of halogens is 2. The molecule has 170 valence electrons. The van der Waals surface area contributed by atoms with E-state index in [1.54, 1.807) is 0 Å². The maximum Gasteiger partial charge on any atom is 0.469 e. The number of hydrogen-bond acceptors (Lipinski definition) is 3. The van der Waals surface area contributed by atoms with Crippen LogP contribution in [0.1, 0.15) is 38.5 Å². The fraction of sp³-hybridized carbons (Fsp3) is 1.00. The van der Waals surface area contributed by atoms with E-state index in [9.17, 15) is 0 Å². The third kappa shape index (κ3) is 18.3. The molecule has 0 rings (SSSR count). The SMILES string of the molecule is C[Si](Cl)(Cl)CCCCCCCC[Si](O[Si](C)(C)C)(O[Si](C)(C)C)O[Si](C)(C)C. The fourth-order valence-corrected chi connectivity index (χ4v) is 19.5. The summed E-state index contributed by atoms with van der Waals surface area (Å²) in [6.45, 7) is 20.4. The summed E-state index contributed by atoms with van der Waals surface area (Å²) in [6.07, 6.45) is 7.23. The highest BCUT2D eigenvalue weighted by Crippen LogP contribution is 2.31. The Labute approximate surface area is 190 Å². The van der Waals surface area contributed by atoms with Crippen LogP contribution < -0.4 is 0 Å². The molecule has 0 atom stereocenters. The summed E-state index contributed by atoms with van der Waals surface area (Å²) in [6, 6.07) is 1.96. The highest BCUT2D eigenvalue weighted by molar-refractivity contribution is 7.44. The van der Waals surface area contributed by atoms with E-state index < -0.39 is 40.5 Å². The van der Waals surface area contributed by atoms with Crippen LogP contribution >= 0.6 is 22.2 Å². The molecular weight excluding hydrogens is 476 g/mol. The fourth-order valence-electron chi connectivity index (χ4n) is 3.10. The lowest BCUT2D eigenvalue weighted by Crippen LogP contribution is -2.60. The Morgan fingerprint density at radius 3 is 1.04 bits per heavy atom. The monoisotopic (exact) mass is 520 g/mol. The molecular formula is C18H46Cl2O3Si5. The van der Waals surface area contributed by atoms with Crippen molar-refractivity contribution in [2.75, 3.05) is 0 Å². The van der Waals surface area contributed by atoms with Gasteiger partial charge in [-0.3, -0.25) is 0 Å². The van der Waals surface area contributed by atoms with E-state index in [0.29, 0.717) is 0 Å². The average molecular weight is 522 g/mol. The molecule has 0 fully saturated rings. The van der Waals surface area contributed by atoms with Crippen molar-refractivity contribution >= 4 is 62.6 Å². The van der Waals surface area contributed by atoms with E-state index in [0.717, 1.165) is 24.9 Å². The molecule has 10 heteroatoms. The van der Waals surface area contributed by atoms with E-state index >= 15 is 0 Å². The smallest absolute Gasteiger partial charge is 0.417 e. The van der Waals surface area contributed by atoms with Gasteiger partial charge >= 0.3 is 8.80 Å². The molecule has 28 heavy (non-hydrogen) atoms. The van der Waals surface area contributed by atoms with E-state index in [1.807, 2.05) is 6.55 Å². The summed E-state index contributed by atoms with van der Waals surface area (Å²) in [5, 5.41) is 0. The van der Waals surface area contributed by atoms with Gasteiger partial charge in [-0.15, -0.1) is 22.2 Å². The van der Waals surface area contributed by atoms with Gasteiger partial charge in [0.1, 0.15) is 0 Å². The molecule has 0 saturated heterocycles. The van der Waals surface area contributed by atoms with Gasteiger partial charge in [0.25, 0.3) is 0 Å². The van der Waals surface area contributed by atoms with Crippen LogP contribution in [0.2, 0.25) is 77.6 Å². The van der Waals surface area contributed by atoms with Crippen molar-refractivity contribution in [3.05, 3.63) is 0 Å². The van der Waals surface area contributed by atoms with Crippen LogP contribution in [-0.4, -0.2) is 40.5 Å². The minimum Gasteiger partial charge on any atom is -0.417 e. The lowest BCUT2D eigenvalue weighted by molar-refractivity contribution is 0.250. The van der Waals surface area contributed by atoms with Gasteiger partial charge in [0, 0.05) is 6.04 Å². The van der Waals surface area contributed by atoms with Gasteiger partial charge in [-0.1, -0.05) is 32.1 Å². The zero-order valence-corrected chi connectivity index (χ0v) is 26.6. The van der Waals surface area contributed by atoms with Crippen molar-refractivity contribution < 1.29 is 12.3 Å². The number of hydrogen-bond donors (Lipinski definition) is 0. The first-order valence-electron chi connectivity index (χ1n) is 10.8. The van der Waals surface area contributed by atoms with Crippen LogP contribution in [0.15, 0.2) is 0 Å². The van der Waals surface area contributed by atoms with Crippen molar-refractivity contribution in [2.45, 2.75) is 116 Å².